The first kappa shape index (κ1) is 15.4. The summed E-state index contributed by atoms with van der Waals surface area (Å²) in [4.78, 5) is 23.0. The summed E-state index contributed by atoms with van der Waals surface area (Å²) >= 11 is 3.21. The van der Waals surface area contributed by atoms with Gasteiger partial charge >= 0.3 is 5.97 Å². The monoisotopic (exact) mass is 329 g/mol. The van der Waals surface area contributed by atoms with Crippen molar-refractivity contribution in [1.29, 1.82) is 0 Å². The molecule has 1 aromatic rings. The average Bonchev–Trinajstić information content (AvgIpc) is 2.42. The highest BCUT2D eigenvalue weighted by molar-refractivity contribution is 9.10. The number of hydrogen-bond acceptors (Lipinski definition) is 5. The van der Waals surface area contributed by atoms with Gasteiger partial charge in [-0.2, -0.15) is 5.10 Å². The van der Waals surface area contributed by atoms with Gasteiger partial charge in [0.05, 0.1) is 19.0 Å². The summed E-state index contributed by atoms with van der Waals surface area (Å²) in [6.07, 6.45) is 6.34. The largest absolute Gasteiger partial charge is 0.468 e. The summed E-state index contributed by atoms with van der Waals surface area (Å²) in [5.74, 6) is -0.518. The molecule has 104 valence electrons. The zero-order chi connectivity index (χ0) is 14.3. The molecule has 0 bridgehead atoms. The Morgan fingerprint density at radius 2 is 2.37 bits per heavy atom. The minimum atomic E-state index is -0.518. The fourth-order valence-electron chi connectivity index (χ4n) is 1.34. The number of allylic oxidation sites excluding steroid dienone is 1. The standard InChI is InChI=1S/C12H16BrN3O3/c1-3-4-5-6-14-9-7-15-16(8-10(17)19-2)12(18)11(9)13/h3-4,7,14H,5-6,8H2,1-2H3/b4-3+. The number of nitrogens with zero attached hydrogens (tertiary/aromatic N) is 2. The minimum absolute atomic E-state index is 0.202. The van der Waals surface area contributed by atoms with Crippen molar-refractivity contribution in [3.8, 4) is 0 Å². The van der Waals surface area contributed by atoms with E-state index in [1.165, 1.54) is 13.3 Å². The van der Waals surface area contributed by atoms with Crippen molar-refractivity contribution in [3.05, 3.63) is 33.2 Å². The van der Waals surface area contributed by atoms with Crippen molar-refractivity contribution < 1.29 is 9.53 Å². The third-order valence-electron chi connectivity index (χ3n) is 2.35. The molecule has 7 heteroatoms. The quantitative estimate of drug-likeness (QED) is 0.487. The van der Waals surface area contributed by atoms with E-state index in [0.29, 0.717) is 16.7 Å². The molecule has 1 aromatic heterocycles. The van der Waals surface area contributed by atoms with E-state index in [9.17, 15) is 9.59 Å². The maximum Gasteiger partial charge on any atom is 0.327 e. The van der Waals surface area contributed by atoms with Crippen LogP contribution in [-0.4, -0.2) is 29.4 Å². The van der Waals surface area contributed by atoms with Crippen LogP contribution in [0.25, 0.3) is 0 Å². The third kappa shape index (κ3) is 4.51. The van der Waals surface area contributed by atoms with Crippen LogP contribution in [0.4, 0.5) is 5.69 Å². The van der Waals surface area contributed by atoms with Crippen LogP contribution in [0, 0.1) is 0 Å². The minimum Gasteiger partial charge on any atom is -0.468 e. The number of carbonyl (C=O) groups excluding carboxylic acids is 1. The average molecular weight is 330 g/mol. The molecule has 0 saturated heterocycles. The second-order valence-corrected chi connectivity index (χ2v) is 4.49. The van der Waals surface area contributed by atoms with E-state index in [4.69, 9.17) is 0 Å². The molecule has 0 amide bonds. The molecule has 0 saturated carbocycles. The van der Waals surface area contributed by atoms with E-state index < -0.39 is 5.97 Å². The van der Waals surface area contributed by atoms with Gasteiger partial charge in [0.25, 0.3) is 5.56 Å². The molecule has 1 N–H and O–H groups in total. The van der Waals surface area contributed by atoms with Gasteiger partial charge in [-0.05, 0) is 29.3 Å². The van der Waals surface area contributed by atoms with Gasteiger partial charge in [-0.15, -0.1) is 0 Å². The number of nitrogens with one attached hydrogen (secondary N) is 1. The highest BCUT2D eigenvalue weighted by Gasteiger charge is 2.11. The van der Waals surface area contributed by atoms with Gasteiger partial charge in [-0.25, -0.2) is 4.68 Å². The predicted molar refractivity (Wildman–Crippen MR) is 76.1 cm³/mol. The van der Waals surface area contributed by atoms with Crippen LogP contribution in [0.1, 0.15) is 13.3 Å². The van der Waals surface area contributed by atoms with Crippen molar-refractivity contribution in [2.45, 2.75) is 19.9 Å². The summed E-state index contributed by atoms with van der Waals surface area (Å²) in [5, 5.41) is 7.01. The second-order valence-electron chi connectivity index (χ2n) is 3.70. The highest BCUT2D eigenvalue weighted by atomic mass is 79.9. The number of carbonyl (C=O) groups is 1. The fourth-order valence-corrected chi connectivity index (χ4v) is 1.79. The number of esters is 1. The normalized spacial score (nSPS) is 10.7. The van der Waals surface area contributed by atoms with E-state index in [1.807, 2.05) is 19.1 Å². The van der Waals surface area contributed by atoms with Gasteiger partial charge < -0.3 is 10.1 Å². The zero-order valence-electron chi connectivity index (χ0n) is 10.9. The molecule has 0 atom stereocenters. The van der Waals surface area contributed by atoms with Crippen LogP contribution in [0.2, 0.25) is 0 Å². The number of ether oxygens (including phenoxy) is 1. The van der Waals surface area contributed by atoms with Crippen LogP contribution < -0.4 is 10.9 Å². The summed E-state index contributed by atoms with van der Waals surface area (Å²) in [7, 11) is 1.26. The lowest BCUT2D eigenvalue weighted by Crippen LogP contribution is -2.28. The Morgan fingerprint density at radius 1 is 1.63 bits per heavy atom. The van der Waals surface area contributed by atoms with E-state index in [2.05, 4.69) is 31.1 Å². The smallest absolute Gasteiger partial charge is 0.327 e. The van der Waals surface area contributed by atoms with Crippen molar-refractivity contribution in [1.82, 2.24) is 9.78 Å². The fraction of sp³-hybridized carbons (Fsp3) is 0.417. The number of halogens is 1. The molecule has 0 aliphatic rings. The summed E-state index contributed by atoms with van der Waals surface area (Å²) in [6, 6.07) is 0. The lowest BCUT2D eigenvalue weighted by molar-refractivity contribution is -0.141. The molecular formula is C12H16BrN3O3. The van der Waals surface area contributed by atoms with Crippen LogP contribution in [0.5, 0.6) is 0 Å². The molecule has 0 aliphatic carbocycles. The molecule has 0 aromatic carbocycles. The van der Waals surface area contributed by atoms with E-state index >= 15 is 0 Å². The predicted octanol–water partition coefficient (Wildman–Crippen LogP) is 1.56. The first-order valence-corrected chi connectivity index (χ1v) is 6.57. The van der Waals surface area contributed by atoms with Crippen LogP contribution in [0.15, 0.2) is 27.6 Å². The van der Waals surface area contributed by atoms with Crippen molar-refractivity contribution in [3.63, 3.8) is 0 Å². The molecule has 0 fully saturated rings. The first-order chi connectivity index (χ1) is 9.10. The number of aromatic nitrogens is 2. The van der Waals surface area contributed by atoms with Gasteiger partial charge in [-0.3, -0.25) is 9.59 Å². The molecule has 1 heterocycles. The molecule has 0 spiro atoms. The van der Waals surface area contributed by atoms with Gasteiger partial charge in [0.1, 0.15) is 11.0 Å². The molecular weight excluding hydrogens is 314 g/mol. The summed E-state index contributed by atoms with van der Waals surface area (Å²) in [5.41, 5.74) is 0.233. The van der Waals surface area contributed by atoms with Gasteiger partial charge in [-0.1, -0.05) is 12.2 Å². The molecule has 0 radical (unpaired) electrons. The molecule has 0 aliphatic heterocycles. The Labute approximate surface area is 119 Å². The number of hydrogen-bond donors (Lipinski definition) is 1. The Kier molecular flexibility index (Phi) is 6.27. The van der Waals surface area contributed by atoms with Gasteiger partial charge in [0, 0.05) is 6.54 Å². The molecule has 0 unspecified atom stereocenters. The van der Waals surface area contributed by atoms with Crippen LogP contribution >= 0.6 is 15.9 Å². The summed E-state index contributed by atoms with van der Waals surface area (Å²) < 4.78 is 5.90. The van der Waals surface area contributed by atoms with Crippen LogP contribution in [0.3, 0.4) is 0 Å². The zero-order valence-corrected chi connectivity index (χ0v) is 12.4. The van der Waals surface area contributed by atoms with E-state index in [-0.39, 0.29) is 12.1 Å². The maximum absolute atomic E-state index is 11.9. The lowest BCUT2D eigenvalue weighted by Gasteiger charge is -2.09. The SMILES string of the molecule is C/C=C/CCNc1cnn(CC(=O)OC)c(=O)c1Br. The lowest BCUT2D eigenvalue weighted by atomic mass is 10.3. The van der Waals surface area contributed by atoms with E-state index in [0.717, 1.165) is 11.1 Å². The third-order valence-corrected chi connectivity index (χ3v) is 3.12. The Morgan fingerprint density at radius 3 is 3.00 bits per heavy atom. The highest BCUT2D eigenvalue weighted by Crippen LogP contribution is 2.15. The molecule has 6 nitrogen and oxygen atoms in total. The summed E-state index contributed by atoms with van der Waals surface area (Å²) in [6.45, 7) is 2.45. The van der Waals surface area contributed by atoms with Crippen LogP contribution in [-0.2, 0) is 16.1 Å². The number of rotatable bonds is 6. The Bertz CT molecular complexity index is 525. The molecule has 1 rings (SSSR count). The second kappa shape index (κ2) is 7.73. The van der Waals surface area contributed by atoms with Crippen molar-refractivity contribution in [2.24, 2.45) is 0 Å². The first-order valence-electron chi connectivity index (χ1n) is 5.77. The van der Waals surface area contributed by atoms with Crippen molar-refractivity contribution in [2.75, 3.05) is 19.0 Å². The van der Waals surface area contributed by atoms with E-state index in [1.54, 1.807) is 0 Å². The van der Waals surface area contributed by atoms with Gasteiger partial charge in [0.2, 0.25) is 0 Å². The number of methoxy groups -OCH3 is 1. The Balaban J connectivity index is 2.79. The topological polar surface area (TPSA) is 73.2 Å². The number of anilines is 1. The maximum atomic E-state index is 11.9. The molecule has 19 heavy (non-hydrogen) atoms. The van der Waals surface area contributed by atoms with Crippen molar-refractivity contribution >= 4 is 27.6 Å². The van der Waals surface area contributed by atoms with Gasteiger partial charge in [0.15, 0.2) is 0 Å². The Hall–Kier alpha value is -1.63.